The van der Waals surface area contributed by atoms with Gasteiger partial charge < -0.3 is 10.1 Å². The minimum absolute atomic E-state index is 0.0851. The summed E-state index contributed by atoms with van der Waals surface area (Å²) in [6, 6.07) is 12.1. The maximum Gasteiger partial charge on any atom is 0.324 e. The molecule has 0 fully saturated rings. The van der Waals surface area contributed by atoms with E-state index in [-0.39, 0.29) is 24.0 Å². The third kappa shape index (κ3) is 6.67. The summed E-state index contributed by atoms with van der Waals surface area (Å²) in [5.41, 5.74) is 2.20. The zero-order chi connectivity index (χ0) is 21.4. The second-order valence-electron chi connectivity index (χ2n) is 6.64. The molecule has 1 atom stereocenters. The summed E-state index contributed by atoms with van der Waals surface area (Å²) < 4.78 is 42.7. The van der Waals surface area contributed by atoms with E-state index in [1.807, 2.05) is 31.2 Å². The number of aryl methyl sites for hydroxylation is 2. The highest BCUT2D eigenvalue weighted by Gasteiger charge is 2.31. The van der Waals surface area contributed by atoms with Crippen LogP contribution in [0.5, 0.6) is 0 Å². The summed E-state index contributed by atoms with van der Waals surface area (Å²) in [6.45, 7) is 3.14. The van der Waals surface area contributed by atoms with Gasteiger partial charge in [-0.05, 0) is 50.1 Å². The molecule has 0 bridgehead atoms. The first-order chi connectivity index (χ1) is 13.7. The van der Waals surface area contributed by atoms with Crippen molar-refractivity contribution in [3.8, 4) is 0 Å². The maximum atomic E-state index is 13.0. The Morgan fingerprint density at radius 2 is 1.69 bits per heavy atom. The molecule has 0 heterocycles. The summed E-state index contributed by atoms with van der Waals surface area (Å²) in [6.07, 6.45) is 0.894. The van der Waals surface area contributed by atoms with E-state index in [4.69, 9.17) is 4.74 Å². The van der Waals surface area contributed by atoms with E-state index in [1.165, 1.54) is 6.92 Å². The van der Waals surface area contributed by atoms with Gasteiger partial charge >= 0.3 is 5.97 Å². The second-order valence-corrected chi connectivity index (χ2v) is 8.91. The number of rotatable bonds is 9. The fraction of sp³-hybridized carbons (Fsp3) is 0.333. The topological polar surface area (TPSA) is 89.5 Å². The van der Waals surface area contributed by atoms with Crippen molar-refractivity contribution in [3.05, 3.63) is 65.5 Å². The number of carbonyl (C=O) groups is 2. The van der Waals surface area contributed by atoms with Crippen LogP contribution in [0.25, 0.3) is 0 Å². The van der Waals surface area contributed by atoms with Gasteiger partial charge in [0.2, 0.25) is 5.91 Å². The highest BCUT2D eigenvalue weighted by atomic mass is 32.2. The van der Waals surface area contributed by atoms with Gasteiger partial charge in [0.25, 0.3) is 0 Å². The van der Waals surface area contributed by atoms with Gasteiger partial charge in [0.1, 0.15) is 12.4 Å². The number of carbonyl (C=O) groups excluding carboxylic acids is 2. The number of nitrogens with one attached hydrogen (secondary N) is 1. The molecule has 0 aliphatic rings. The third-order valence-corrected chi connectivity index (χ3v) is 6.42. The number of benzene rings is 2. The number of esters is 1. The monoisotopic (exact) mass is 421 g/mol. The Hall–Kier alpha value is -2.74. The summed E-state index contributed by atoms with van der Waals surface area (Å²) in [5, 5.41) is 1.19. The molecule has 0 aliphatic heterocycles. The highest BCUT2D eigenvalue weighted by Crippen LogP contribution is 2.17. The number of ether oxygens (including phenoxy) is 1. The van der Waals surface area contributed by atoms with Crippen LogP contribution in [0.3, 0.4) is 0 Å². The zero-order valence-corrected chi connectivity index (χ0v) is 17.2. The van der Waals surface area contributed by atoms with Gasteiger partial charge in [0, 0.05) is 6.42 Å². The Morgan fingerprint density at radius 1 is 1.07 bits per heavy atom. The summed E-state index contributed by atoms with van der Waals surface area (Å²) in [4.78, 5) is 23.7. The highest BCUT2D eigenvalue weighted by molar-refractivity contribution is 7.92. The summed E-state index contributed by atoms with van der Waals surface area (Å²) in [7, 11) is -3.98. The van der Waals surface area contributed by atoms with Crippen molar-refractivity contribution in [2.45, 2.75) is 36.8 Å². The molecule has 1 N–H and O–H groups in total. The Kier molecular flexibility index (Phi) is 7.90. The molecule has 0 saturated heterocycles. The quantitative estimate of drug-likeness (QED) is 0.382. The van der Waals surface area contributed by atoms with Crippen molar-refractivity contribution in [1.82, 2.24) is 5.32 Å². The van der Waals surface area contributed by atoms with Crippen molar-refractivity contribution in [2.24, 2.45) is 0 Å². The Balaban J connectivity index is 1.73. The molecule has 29 heavy (non-hydrogen) atoms. The van der Waals surface area contributed by atoms with Crippen LogP contribution in [0.15, 0.2) is 53.4 Å². The van der Waals surface area contributed by atoms with E-state index in [9.17, 15) is 22.4 Å². The molecule has 0 aromatic heterocycles. The van der Waals surface area contributed by atoms with Crippen LogP contribution in [-0.4, -0.2) is 38.7 Å². The number of hydrogen-bond acceptors (Lipinski definition) is 5. The lowest BCUT2D eigenvalue weighted by atomic mass is 10.1. The lowest BCUT2D eigenvalue weighted by Gasteiger charge is -2.13. The van der Waals surface area contributed by atoms with Crippen LogP contribution in [0.2, 0.25) is 0 Å². The molecule has 2 rings (SSSR count). The van der Waals surface area contributed by atoms with Crippen LogP contribution < -0.4 is 5.32 Å². The van der Waals surface area contributed by atoms with Crippen molar-refractivity contribution in [3.63, 3.8) is 0 Å². The van der Waals surface area contributed by atoms with Crippen LogP contribution in [0.1, 0.15) is 24.5 Å². The lowest BCUT2D eigenvalue weighted by molar-refractivity contribution is -0.143. The molecule has 0 saturated carbocycles. The fourth-order valence-electron chi connectivity index (χ4n) is 2.52. The molecule has 1 amide bonds. The van der Waals surface area contributed by atoms with Crippen molar-refractivity contribution in [1.29, 1.82) is 0 Å². The van der Waals surface area contributed by atoms with Gasteiger partial charge in [0.15, 0.2) is 15.1 Å². The minimum atomic E-state index is -3.98. The molecule has 2 aromatic carbocycles. The average molecular weight is 421 g/mol. The van der Waals surface area contributed by atoms with E-state index in [0.717, 1.165) is 35.4 Å². The molecule has 1 unspecified atom stereocenters. The Bertz CT molecular complexity index is 940. The van der Waals surface area contributed by atoms with Crippen LogP contribution in [0.4, 0.5) is 4.39 Å². The van der Waals surface area contributed by atoms with Gasteiger partial charge in [-0.3, -0.25) is 9.59 Å². The molecule has 2 aromatic rings. The van der Waals surface area contributed by atoms with Gasteiger partial charge in [-0.2, -0.15) is 0 Å². The molecule has 0 radical (unpaired) electrons. The average Bonchev–Trinajstić information content (AvgIpc) is 2.70. The first-order valence-electron chi connectivity index (χ1n) is 9.18. The van der Waals surface area contributed by atoms with Crippen LogP contribution >= 0.6 is 0 Å². The SMILES string of the molecule is Cc1ccc(CCC(=O)NCCOC(=O)C(C)S(=O)(=O)c2ccc(F)cc2)cc1. The number of hydrogen-bond donors (Lipinski definition) is 1. The van der Waals surface area contributed by atoms with Gasteiger partial charge in [0.05, 0.1) is 11.4 Å². The maximum absolute atomic E-state index is 13.0. The van der Waals surface area contributed by atoms with Gasteiger partial charge in [-0.1, -0.05) is 29.8 Å². The van der Waals surface area contributed by atoms with E-state index < -0.39 is 26.9 Å². The Morgan fingerprint density at radius 3 is 2.31 bits per heavy atom. The molecule has 0 aliphatic carbocycles. The third-order valence-electron chi connectivity index (χ3n) is 4.37. The molecular weight excluding hydrogens is 397 g/mol. The predicted molar refractivity (Wildman–Crippen MR) is 107 cm³/mol. The molecular formula is C21H24FNO5S. The standard InChI is InChI=1S/C21H24FNO5S/c1-15-3-5-17(6-4-15)7-12-20(24)23-13-14-28-21(25)16(2)29(26,27)19-10-8-18(22)9-11-19/h3-6,8-11,16H,7,12-14H2,1-2H3,(H,23,24). The smallest absolute Gasteiger partial charge is 0.324 e. The normalized spacial score (nSPS) is 12.2. The van der Waals surface area contributed by atoms with Crippen LogP contribution in [-0.2, 0) is 30.6 Å². The fourth-order valence-corrected chi connectivity index (χ4v) is 3.76. The summed E-state index contributed by atoms with van der Waals surface area (Å²) >= 11 is 0. The molecule has 156 valence electrons. The first-order valence-corrected chi connectivity index (χ1v) is 10.7. The van der Waals surface area contributed by atoms with Gasteiger partial charge in [-0.15, -0.1) is 0 Å². The predicted octanol–water partition coefficient (Wildman–Crippen LogP) is 2.59. The second kappa shape index (κ2) is 10.2. The Labute approximate surface area is 170 Å². The number of sulfone groups is 1. The zero-order valence-electron chi connectivity index (χ0n) is 16.4. The number of amides is 1. The molecule has 0 spiro atoms. The van der Waals surface area contributed by atoms with E-state index >= 15 is 0 Å². The van der Waals surface area contributed by atoms with Crippen molar-refractivity contribution < 1.29 is 27.1 Å². The van der Waals surface area contributed by atoms with Crippen LogP contribution in [0, 0.1) is 12.7 Å². The van der Waals surface area contributed by atoms with E-state index in [2.05, 4.69) is 5.32 Å². The van der Waals surface area contributed by atoms with Crippen molar-refractivity contribution in [2.75, 3.05) is 13.2 Å². The van der Waals surface area contributed by atoms with Crippen molar-refractivity contribution >= 4 is 21.7 Å². The largest absolute Gasteiger partial charge is 0.463 e. The first kappa shape index (κ1) is 22.5. The van der Waals surface area contributed by atoms with E-state index in [1.54, 1.807) is 0 Å². The molecule has 8 heteroatoms. The van der Waals surface area contributed by atoms with E-state index in [0.29, 0.717) is 12.8 Å². The summed E-state index contributed by atoms with van der Waals surface area (Å²) in [5.74, 6) is -1.69. The van der Waals surface area contributed by atoms with Gasteiger partial charge in [-0.25, -0.2) is 12.8 Å². The lowest BCUT2D eigenvalue weighted by Crippen LogP contribution is -2.33. The number of halogens is 1. The molecule has 6 nitrogen and oxygen atoms in total. The minimum Gasteiger partial charge on any atom is -0.463 e.